The first kappa shape index (κ1) is 23.2. The van der Waals surface area contributed by atoms with Gasteiger partial charge in [-0.15, -0.1) is 0 Å². The molecule has 2 aromatic carbocycles. The number of nitrogens with zero attached hydrogens (tertiary/aromatic N) is 1. The van der Waals surface area contributed by atoms with Crippen LogP contribution in [0.5, 0.6) is 5.75 Å². The Balaban J connectivity index is 1.93. The first-order valence-corrected chi connectivity index (χ1v) is 10.5. The summed E-state index contributed by atoms with van der Waals surface area (Å²) in [7, 11) is -3.64. The number of halogens is 1. The molecule has 0 atom stereocenters. The van der Waals surface area contributed by atoms with Crippen LogP contribution in [0.2, 0.25) is 0 Å². The highest BCUT2D eigenvalue weighted by Gasteiger charge is 2.15. The van der Waals surface area contributed by atoms with E-state index in [-0.39, 0.29) is 22.0 Å². The van der Waals surface area contributed by atoms with Crippen LogP contribution in [0.3, 0.4) is 0 Å². The number of carbonyl (C=O) groups excluding carboxylic acids is 1. The Bertz CT molecular complexity index is 1010. The largest absolute Gasteiger partial charge is 0.484 e. The molecule has 0 saturated heterocycles. The van der Waals surface area contributed by atoms with Gasteiger partial charge in [0.15, 0.2) is 6.61 Å². The van der Waals surface area contributed by atoms with Crippen LogP contribution in [0, 0.1) is 21.8 Å². The lowest BCUT2D eigenvalue weighted by Gasteiger charge is -2.10. The van der Waals surface area contributed by atoms with Gasteiger partial charge in [0.25, 0.3) is 11.6 Å². The molecule has 9 nitrogen and oxygen atoms in total. The second kappa shape index (κ2) is 10.1. The minimum Gasteiger partial charge on any atom is -0.484 e. The highest BCUT2D eigenvalue weighted by molar-refractivity contribution is 7.89. The highest BCUT2D eigenvalue weighted by Crippen LogP contribution is 2.21. The minimum atomic E-state index is -3.64. The van der Waals surface area contributed by atoms with E-state index >= 15 is 0 Å². The molecule has 0 radical (unpaired) electrons. The fourth-order valence-electron chi connectivity index (χ4n) is 2.34. The third-order valence-electron chi connectivity index (χ3n) is 3.95. The van der Waals surface area contributed by atoms with Crippen molar-refractivity contribution in [2.24, 2.45) is 5.92 Å². The second-order valence-corrected chi connectivity index (χ2v) is 8.58. The van der Waals surface area contributed by atoms with Crippen LogP contribution < -0.4 is 14.8 Å². The SMILES string of the molecule is CC(C)CCNS(=O)(=O)c1ccc(OCC(=O)Nc2cc([N+](=O)[O-])ccc2F)cc1. The summed E-state index contributed by atoms with van der Waals surface area (Å²) in [6, 6.07) is 8.21. The molecule has 2 rings (SSSR count). The van der Waals surface area contributed by atoms with Crippen molar-refractivity contribution in [3.63, 3.8) is 0 Å². The molecule has 0 fully saturated rings. The van der Waals surface area contributed by atoms with Crippen molar-refractivity contribution in [3.8, 4) is 5.75 Å². The van der Waals surface area contributed by atoms with Gasteiger partial charge < -0.3 is 10.1 Å². The van der Waals surface area contributed by atoms with E-state index in [9.17, 15) is 27.7 Å². The summed E-state index contributed by atoms with van der Waals surface area (Å²) in [5.74, 6) is -0.967. The lowest BCUT2D eigenvalue weighted by Crippen LogP contribution is -2.25. The van der Waals surface area contributed by atoms with Crippen molar-refractivity contribution in [1.82, 2.24) is 4.72 Å². The molecular formula is C19H22FN3O6S. The number of nitro benzene ring substituents is 1. The summed E-state index contributed by atoms with van der Waals surface area (Å²) in [6.07, 6.45) is 0.709. The number of rotatable bonds is 10. The summed E-state index contributed by atoms with van der Waals surface area (Å²) < 4.78 is 45.9. The molecule has 0 aliphatic heterocycles. The fraction of sp³-hybridized carbons (Fsp3) is 0.316. The molecule has 11 heteroatoms. The van der Waals surface area contributed by atoms with E-state index in [2.05, 4.69) is 10.0 Å². The number of nitrogens with one attached hydrogen (secondary N) is 2. The molecule has 0 saturated carbocycles. The maximum absolute atomic E-state index is 13.7. The Morgan fingerprint density at radius 3 is 2.47 bits per heavy atom. The molecule has 0 aliphatic rings. The number of ether oxygens (including phenoxy) is 1. The highest BCUT2D eigenvalue weighted by atomic mass is 32.2. The molecule has 2 N–H and O–H groups in total. The molecule has 30 heavy (non-hydrogen) atoms. The van der Waals surface area contributed by atoms with Crippen LogP contribution >= 0.6 is 0 Å². The number of anilines is 1. The van der Waals surface area contributed by atoms with E-state index in [4.69, 9.17) is 4.74 Å². The van der Waals surface area contributed by atoms with Gasteiger partial charge in [0, 0.05) is 18.7 Å². The van der Waals surface area contributed by atoms with Gasteiger partial charge in [-0.1, -0.05) is 13.8 Å². The van der Waals surface area contributed by atoms with Crippen molar-refractivity contribution < 1.29 is 27.3 Å². The predicted octanol–water partition coefficient (Wildman–Crippen LogP) is 3.08. The van der Waals surface area contributed by atoms with Gasteiger partial charge >= 0.3 is 0 Å². The zero-order valence-corrected chi connectivity index (χ0v) is 17.2. The summed E-state index contributed by atoms with van der Waals surface area (Å²) >= 11 is 0. The van der Waals surface area contributed by atoms with Crippen LogP contribution in [0.1, 0.15) is 20.3 Å². The normalized spacial score (nSPS) is 11.3. The molecular weight excluding hydrogens is 417 g/mol. The topological polar surface area (TPSA) is 128 Å². The Kier molecular flexibility index (Phi) is 7.84. The number of hydrogen-bond donors (Lipinski definition) is 2. The standard InChI is InChI=1S/C19H22FN3O6S/c1-13(2)9-10-21-30(27,28)16-6-4-15(5-7-16)29-12-19(24)22-18-11-14(23(25)26)3-8-17(18)20/h3-8,11,13,21H,9-10,12H2,1-2H3,(H,22,24). The lowest BCUT2D eigenvalue weighted by molar-refractivity contribution is -0.384. The van der Waals surface area contributed by atoms with E-state index < -0.39 is 33.3 Å². The van der Waals surface area contributed by atoms with Gasteiger partial charge in [-0.05, 0) is 42.7 Å². The Morgan fingerprint density at radius 2 is 1.87 bits per heavy atom. The van der Waals surface area contributed by atoms with Gasteiger partial charge in [-0.3, -0.25) is 14.9 Å². The summed E-state index contributed by atoms with van der Waals surface area (Å²) in [5.41, 5.74) is -0.710. The third-order valence-corrected chi connectivity index (χ3v) is 5.43. The van der Waals surface area contributed by atoms with E-state index in [0.29, 0.717) is 18.9 Å². The molecule has 2 aromatic rings. The molecule has 0 bridgehead atoms. The van der Waals surface area contributed by atoms with Crippen LogP contribution in [0.25, 0.3) is 0 Å². The van der Waals surface area contributed by atoms with Crippen molar-refractivity contribution in [2.45, 2.75) is 25.2 Å². The Labute approximate surface area is 173 Å². The molecule has 0 aliphatic carbocycles. The van der Waals surface area contributed by atoms with Crippen LogP contribution in [-0.2, 0) is 14.8 Å². The number of sulfonamides is 1. The Morgan fingerprint density at radius 1 is 1.20 bits per heavy atom. The summed E-state index contributed by atoms with van der Waals surface area (Å²) in [5, 5.41) is 12.9. The molecule has 1 amide bonds. The van der Waals surface area contributed by atoms with E-state index in [0.717, 1.165) is 18.2 Å². The maximum Gasteiger partial charge on any atom is 0.271 e. The zero-order chi connectivity index (χ0) is 22.3. The van der Waals surface area contributed by atoms with Crippen molar-refractivity contribution >= 4 is 27.3 Å². The molecule has 162 valence electrons. The number of benzene rings is 2. The fourth-order valence-corrected chi connectivity index (χ4v) is 3.39. The first-order chi connectivity index (χ1) is 14.1. The molecule has 0 heterocycles. The average molecular weight is 439 g/mol. The molecule has 0 aromatic heterocycles. The Hall–Kier alpha value is -3.05. The minimum absolute atomic E-state index is 0.0572. The number of hydrogen-bond acceptors (Lipinski definition) is 6. The third kappa shape index (κ3) is 6.78. The number of carbonyl (C=O) groups is 1. The number of nitro groups is 1. The van der Waals surface area contributed by atoms with Crippen molar-refractivity contribution in [2.75, 3.05) is 18.5 Å². The van der Waals surface area contributed by atoms with Crippen LogP contribution in [0.15, 0.2) is 47.4 Å². The smallest absolute Gasteiger partial charge is 0.271 e. The zero-order valence-electron chi connectivity index (χ0n) is 16.4. The first-order valence-electron chi connectivity index (χ1n) is 9.05. The second-order valence-electron chi connectivity index (χ2n) is 6.81. The van der Waals surface area contributed by atoms with Gasteiger partial charge in [0.1, 0.15) is 11.6 Å². The summed E-state index contributed by atoms with van der Waals surface area (Å²) in [4.78, 5) is 22.0. The van der Waals surface area contributed by atoms with E-state index in [1.165, 1.54) is 24.3 Å². The maximum atomic E-state index is 13.7. The number of non-ortho nitro benzene ring substituents is 1. The van der Waals surface area contributed by atoms with Gasteiger partial charge in [0.2, 0.25) is 10.0 Å². The van der Waals surface area contributed by atoms with E-state index in [1.54, 1.807) is 0 Å². The van der Waals surface area contributed by atoms with E-state index in [1.807, 2.05) is 13.8 Å². The lowest BCUT2D eigenvalue weighted by atomic mass is 10.1. The van der Waals surface area contributed by atoms with Gasteiger partial charge in [-0.25, -0.2) is 17.5 Å². The monoisotopic (exact) mass is 439 g/mol. The van der Waals surface area contributed by atoms with Crippen molar-refractivity contribution in [1.29, 1.82) is 0 Å². The van der Waals surface area contributed by atoms with Gasteiger partial charge in [-0.2, -0.15) is 0 Å². The average Bonchev–Trinajstić information content (AvgIpc) is 2.67. The van der Waals surface area contributed by atoms with Crippen LogP contribution in [0.4, 0.5) is 15.8 Å². The predicted molar refractivity (Wildman–Crippen MR) is 108 cm³/mol. The van der Waals surface area contributed by atoms with Gasteiger partial charge in [0.05, 0.1) is 15.5 Å². The molecule has 0 spiro atoms. The quantitative estimate of drug-likeness (QED) is 0.433. The van der Waals surface area contributed by atoms with Crippen LogP contribution in [-0.4, -0.2) is 32.4 Å². The van der Waals surface area contributed by atoms with Crippen molar-refractivity contribution in [3.05, 3.63) is 58.4 Å². The number of amides is 1. The molecule has 0 unspecified atom stereocenters. The summed E-state index contributed by atoms with van der Waals surface area (Å²) in [6.45, 7) is 3.81.